The van der Waals surface area contributed by atoms with Gasteiger partial charge in [-0.3, -0.25) is 9.59 Å². The number of aryl methyl sites for hydroxylation is 1. The number of H-pyrrole nitrogens is 1. The molecule has 2 aromatic carbocycles. The molecule has 3 aromatic rings. The van der Waals surface area contributed by atoms with E-state index in [1.54, 1.807) is 18.2 Å². The molecule has 24 heavy (non-hydrogen) atoms. The third kappa shape index (κ3) is 4.02. The van der Waals surface area contributed by atoms with Gasteiger partial charge in [0.05, 0.1) is 16.7 Å². The van der Waals surface area contributed by atoms with Crippen LogP contribution in [-0.4, -0.2) is 21.6 Å². The molecule has 0 spiro atoms. The third-order valence-electron chi connectivity index (χ3n) is 3.54. The topological polar surface area (TPSA) is 74.8 Å². The molecular formula is C18H17N3O2S. The van der Waals surface area contributed by atoms with Crippen molar-refractivity contribution in [1.82, 2.24) is 15.3 Å². The number of aromatic nitrogens is 2. The van der Waals surface area contributed by atoms with Gasteiger partial charge in [-0.05, 0) is 24.6 Å². The van der Waals surface area contributed by atoms with Crippen molar-refractivity contribution in [3.8, 4) is 0 Å². The molecule has 0 radical (unpaired) electrons. The number of para-hydroxylation sites is 1. The lowest BCUT2D eigenvalue weighted by atomic mass is 10.1. The molecule has 1 aromatic heterocycles. The standard InChI is InChI=1S/C18H17N3O2S/c1-12-6-8-13(9-7-12)10-19-16(22)11-24-18-20-15-5-3-2-4-14(15)17(23)21-18/h2-9H,10-11H2,1H3,(H,19,22)(H,20,21,23). The average Bonchev–Trinajstić information content (AvgIpc) is 2.59. The van der Waals surface area contributed by atoms with E-state index in [4.69, 9.17) is 0 Å². The first-order chi connectivity index (χ1) is 11.6. The molecule has 0 saturated carbocycles. The first-order valence-corrected chi connectivity index (χ1v) is 8.54. The van der Waals surface area contributed by atoms with Crippen molar-refractivity contribution in [2.45, 2.75) is 18.6 Å². The number of aromatic amines is 1. The number of fused-ring (bicyclic) bond motifs is 1. The summed E-state index contributed by atoms with van der Waals surface area (Å²) in [7, 11) is 0. The van der Waals surface area contributed by atoms with Crippen LogP contribution in [0.5, 0.6) is 0 Å². The van der Waals surface area contributed by atoms with Gasteiger partial charge in [0.1, 0.15) is 0 Å². The molecule has 2 N–H and O–H groups in total. The first-order valence-electron chi connectivity index (χ1n) is 7.56. The van der Waals surface area contributed by atoms with Crippen molar-refractivity contribution in [3.63, 3.8) is 0 Å². The maximum absolute atomic E-state index is 12.0. The van der Waals surface area contributed by atoms with Crippen LogP contribution in [0.15, 0.2) is 58.5 Å². The van der Waals surface area contributed by atoms with Crippen molar-refractivity contribution in [2.75, 3.05) is 5.75 Å². The fourth-order valence-electron chi connectivity index (χ4n) is 2.22. The Hall–Kier alpha value is -2.60. The van der Waals surface area contributed by atoms with E-state index >= 15 is 0 Å². The van der Waals surface area contributed by atoms with E-state index < -0.39 is 0 Å². The third-order valence-corrected chi connectivity index (χ3v) is 4.41. The van der Waals surface area contributed by atoms with E-state index in [0.29, 0.717) is 22.6 Å². The Balaban J connectivity index is 1.58. The lowest BCUT2D eigenvalue weighted by molar-refractivity contribution is -0.118. The van der Waals surface area contributed by atoms with Crippen molar-refractivity contribution >= 4 is 28.6 Å². The minimum atomic E-state index is -0.192. The number of hydrogen-bond acceptors (Lipinski definition) is 4. The van der Waals surface area contributed by atoms with Crippen molar-refractivity contribution in [3.05, 3.63) is 70.0 Å². The highest BCUT2D eigenvalue weighted by Crippen LogP contribution is 2.14. The summed E-state index contributed by atoms with van der Waals surface area (Å²) in [4.78, 5) is 31.0. The summed E-state index contributed by atoms with van der Waals surface area (Å²) in [5.41, 5.74) is 2.68. The van der Waals surface area contributed by atoms with Crippen LogP contribution in [0.3, 0.4) is 0 Å². The summed E-state index contributed by atoms with van der Waals surface area (Å²) in [6.07, 6.45) is 0. The first kappa shape index (κ1) is 16.3. The number of nitrogens with one attached hydrogen (secondary N) is 2. The Labute approximate surface area is 143 Å². The second kappa shape index (κ2) is 7.31. The maximum Gasteiger partial charge on any atom is 0.259 e. The van der Waals surface area contributed by atoms with Gasteiger partial charge < -0.3 is 10.3 Å². The predicted molar refractivity (Wildman–Crippen MR) is 96.1 cm³/mol. The minimum absolute atomic E-state index is 0.101. The molecule has 0 fully saturated rings. The van der Waals surface area contributed by atoms with Crippen LogP contribution in [0.25, 0.3) is 10.9 Å². The number of nitrogens with zero attached hydrogens (tertiary/aromatic N) is 1. The Morgan fingerprint density at radius 3 is 2.71 bits per heavy atom. The molecule has 1 amide bonds. The highest BCUT2D eigenvalue weighted by molar-refractivity contribution is 7.99. The zero-order valence-electron chi connectivity index (χ0n) is 13.2. The maximum atomic E-state index is 12.0. The highest BCUT2D eigenvalue weighted by Gasteiger charge is 2.07. The van der Waals surface area contributed by atoms with Crippen molar-refractivity contribution in [1.29, 1.82) is 0 Å². The number of benzene rings is 2. The molecule has 0 atom stereocenters. The van der Waals surface area contributed by atoms with Gasteiger partial charge in [0.15, 0.2) is 5.16 Å². The van der Waals surface area contributed by atoms with Gasteiger partial charge in [0.25, 0.3) is 5.56 Å². The molecule has 0 saturated heterocycles. The zero-order chi connectivity index (χ0) is 16.9. The van der Waals surface area contributed by atoms with Crippen LogP contribution in [0.1, 0.15) is 11.1 Å². The molecule has 0 aliphatic carbocycles. The SMILES string of the molecule is Cc1ccc(CNC(=O)CSc2nc3ccccc3c(=O)[nH]2)cc1. The highest BCUT2D eigenvalue weighted by atomic mass is 32.2. The van der Waals surface area contributed by atoms with E-state index in [2.05, 4.69) is 15.3 Å². The van der Waals surface area contributed by atoms with E-state index in [0.717, 1.165) is 5.56 Å². The molecule has 0 unspecified atom stereocenters. The largest absolute Gasteiger partial charge is 0.351 e. The Morgan fingerprint density at radius 2 is 1.92 bits per heavy atom. The number of thioether (sulfide) groups is 1. The number of carbonyl (C=O) groups is 1. The summed E-state index contributed by atoms with van der Waals surface area (Å²) in [6, 6.07) is 15.1. The fourth-order valence-corrected chi connectivity index (χ4v) is 2.92. The Bertz CT molecular complexity index is 919. The van der Waals surface area contributed by atoms with Crippen LogP contribution in [0.2, 0.25) is 0 Å². The van der Waals surface area contributed by atoms with E-state index in [1.807, 2.05) is 37.3 Å². The quantitative estimate of drug-likeness (QED) is 0.553. The molecule has 122 valence electrons. The van der Waals surface area contributed by atoms with Gasteiger partial charge in [-0.15, -0.1) is 0 Å². The molecule has 1 heterocycles. The summed E-state index contributed by atoms with van der Waals surface area (Å²) in [6.45, 7) is 2.51. The predicted octanol–water partition coefficient (Wildman–Crippen LogP) is 2.64. The smallest absolute Gasteiger partial charge is 0.259 e. The summed E-state index contributed by atoms with van der Waals surface area (Å²) >= 11 is 1.22. The van der Waals surface area contributed by atoms with Crippen molar-refractivity contribution < 1.29 is 4.79 Å². The summed E-state index contributed by atoms with van der Waals surface area (Å²) < 4.78 is 0. The number of carbonyl (C=O) groups excluding carboxylic acids is 1. The van der Waals surface area contributed by atoms with Gasteiger partial charge in [-0.1, -0.05) is 53.7 Å². The van der Waals surface area contributed by atoms with Gasteiger partial charge in [0, 0.05) is 6.54 Å². The molecule has 6 heteroatoms. The number of hydrogen-bond donors (Lipinski definition) is 2. The van der Waals surface area contributed by atoms with E-state index in [1.165, 1.54) is 17.3 Å². The molecule has 3 rings (SSSR count). The van der Waals surface area contributed by atoms with Gasteiger partial charge >= 0.3 is 0 Å². The normalized spacial score (nSPS) is 10.7. The lowest BCUT2D eigenvalue weighted by Crippen LogP contribution is -2.24. The zero-order valence-corrected chi connectivity index (χ0v) is 14.0. The average molecular weight is 339 g/mol. The van der Waals surface area contributed by atoms with Gasteiger partial charge in [0.2, 0.25) is 5.91 Å². The molecule has 0 aliphatic heterocycles. The van der Waals surface area contributed by atoms with Crippen molar-refractivity contribution in [2.24, 2.45) is 0 Å². The van der Waals surface area contributed by atoms with Gasteiger partial charge in [-0.2, -0.15) is 0 Å². The fraction of sp³-hybridized carbons (Fsp3) is 0.167. The van der Waals surface area contributed by atoms with Crippen LogP contribution < -0.4 is 10.9 Å². The van der Waals surface area contributed by atoms with E-state index in [9.17, 15) is 9.59 Å². The van der Waals surface area contributed by atoms with E-state index in [-0.39, 0.29) is 17.2 Å². The number of rotatable bonds is 5. The second-order valence-electron chi connectivity index (χ2n) is 5.44. The van der Waals surface area contributed by atoms with Crippen LogP contribution in [-0.2, 0) is 11.3 Å². The van der Waals surface area contributed by atoms with Crippen LogP contribution >= 0.6 is 11.8 Å². The molecule has 5 nitrogen and oxygen atoms in total. The monoisotopic (exact) mass is 339 g/mol. The Kier molecular flexibility index (Phi) is 4.96. The number of amides is 1. The Morgan fingerprint density at radius 1 is 1.17 bits per heavy atom. The second-order valence-corrected chi connectivity index (χ2v) is 6.40. The van der Waals surface area contributed by atoms with Crippen LogP contribution in [0.4, 0.5) is 0 Å². The molecular weight excluding hydrogens is 322 g/mol. The summed E-state index contributed by atoms with van der Waals surface area (Å²) in [5, 5.41) is 3.86. The van der Waals surface area contributed by atoms with Gasteiger partial charge in [-0.25, -0.2) is 4.98 Å². The molecule has 0 aliphatic rings. The molecule has 0 bridgehead atoms. The van der Waals surface area contributed by atoms with Crippen LogP contribution in [0, 0.1) is 6.92 Å². The minimum Gasteiger partial charge on any atom is -0.351 e. The lowest BCUT2D eigenvalue weighted by Gasteiger charge is -2.06. The summed E-state index contributed by atoms with van der Waals surface area (Å²) in [5.74, 6) is 0.101.